The largest absolute Gasteiger partial charge is 0.496 e. The second-order valence-corrected chi connectivity index (χ2v) is 7.90. The van der Waals surface area contributed by atoms with Crippen molar-refractivity contribution in [3.8, 4) is 11.4 Å². The second kappa shape index (κ2) is 10.7. The molecule has 3 rings (SSSR count). The van der Waals surface area contributed by atoms with E-state index in [9.17, 15) is 8.78 Å². The first-order valence-corrected chi connectivity index (χ1v) is 11.0. The normalized spacial score (nSPS) is 12.4. The molecule has 5 nitrogen and oxygen atoms in total. The van der Waals surface area contributed by atoms with Crippen molar-refractivity contribution in [1.82, 2.24) is 20.0 Å². The number of rotatable bonds is 10. The first kappa shape index (κ1) is 23.9. The molecule has 0 spiro atoms. The lowest BCUT2D eigenvalue weighted by Gasteiger charge is -2.21. The van der Waals surface area contributed by atoms with Gasteiger partial charge in [-0.05, 0) is 56.8 Å². The molecule has 0 fully saturated rings. The Labute approximate surface area is 189 Å². The van der Waals surface area contributed by atoms with Gasteiger partial charge < -0.3 is 10.1 Å². The molecule has 172 valence electrons. The van der Waals surface area contributed by atoms with Crippen molar-refractivity contribution >= 4 is 0 Å². The summed E-state index contributed by atoms with van der Waals surface area (Å²) < 4.78 is 34.5. The van der Waals surface area contributed by atoms with E-state index in [1.807, 2.05) is 13.0 Å². The highest BCUT2D eigenvalue weighted by molar-refractivity contribution is 5.38. The van der Waals surface area contributed by atoms with Crippen LogP contribution in [-0.2, 0) is 13.1 Å². The molecule has 0 amide bonds. The van der Waals surface area contributed by atoms with Crippen molar-refractivity contribution in [3.05, 3.63) is 76.6 Å². The summed E-state index contributed by atoms with van der Waals surface area (Å²) in [6.07, 6.45) is 1.73. The van der Waals surface area contributed by atoms with Crippen LogP contribution >= 0.6 is 0 Å². The predicted octanol–water partition coefficient (Wildman–Crippen LogP) is 5.16. The number of nitrogens with zero attached hydrogens (tertiary/aromatic N) is 3. The smallest absolute Gasteiger partial charge is 0.151 e. The lowest BCUT2D eigenvalue weighted by atomic mass is 10.1. The Morgan fingerprint density at radius 3 is 2.53 bits per heavy atom. The summed E-state index contributed by atoms with van der Waals surface area (Å²) in [5.74, 6) is -0.347. The van der Waals surface area contributed by atoms with Crippen molar-refractivity contribution in [1.29, 1.82) is 0 Å². The van der Waals surface area contributed by atoms with Crippen molar-refractivity contribution in [2.45, 2.75) is 46.8 Å². The molecule has 1 atom stereocenters. The minimum absolute atomic E-state index is 0.000549. The molecule has 0 aliphatic heterocycles. The minimum atomic E-state index is -0.637. The van der Waals surface area contributed by atoms with Crippen LogP contribution in [0.15, 0.2) is 42.6 Å². The molecule has 32 heavy (non-hydrogen) atoms. The zero-order valence-corrected chi connectivity index (χ0v) is 19.5. The third kappa shape index (κ3) is 5.34. The van der Waals surface area contributed by atoms with E-state index in [1.54, 1.807) is 13.3 Å². The van der Waals surface area contributed by atoms with E-state index in [0.29, 0.717) is 6.54 Å². The summed E-state index contributed by atoms with van der Waals surface area (Å²) in [4.78, 5) is 2.35. The zero-order chi connectivity index (χ0) is 23.3. The molecule has 1 heterocycles. The highest BCUT2D eigenvalue weighted by atomic mass is 19.1. The maximum atomic E-state index is 14.2. The SMILES string of the molecule is CCN(CC)Cc1cc(CN[C@H](C)c2cnn(-c3ccc(F)cc3F)c2C)ccc1OC. The van der Waals surface area contributed by atoms with Gasteiger partial charge in [-0.15, -0.1) is 0 Å². The summed E-state index contributed by atoms with van der Waals surface area (Å²) in [5.41, 5.74) is 4.34. The molecule has 0 saturated heterocycles. The number of hydrogen-bond donors (Lipinski definition) is 1. The highest BCUT2D eigenvalue weighted by Gasteiger charge is 2.17. The Morgan fingerprint density at radius 1 is 1.12 bits per heavy atom. The first-order valence-electron chi connectivity index (χ1n) is 11.0. The maximum absolute atomic E-state index is 14.2. The quantitative estimate of drug-likeness (QED) is 0.471. The molecule has 7 heteroatoms. The number of halogens is 2. The van der Waals surface area contributed by atoms with Crippen LogP contribution in [0.3, 0.4) is 0 Å². The van der Waals surface area contributed by atoms with Crippen LogP contribution in [0.25, 0.3) is 5.69 Å². The Hall–Kier alpha value is -2.77. The predicted molar refractivity (Wildman–Crippen MR) is 123 cm³/mol. The van der Waals surface area contributed by atoms with Crippen molar-refractivity contribution < 1.29 is 13.5 Å². The molecule has 1 aromatic heterocycles. The third-order valence-corrected chi connectivity index (χ3v) is 5.90. The fourth-order valence-electron chi connectivity index (χ4n) is 3.88. The molecule has 3 aromatic rings. The van der Waals surface area contributed by atoms with Crippen molar-refractivity contribution in [2.75, 3.05) is 20.2 Å². The molecule has 0 aliphatic carbocycles. The molecule has 2 aromatic carbocycles. The van der Waals surface area contributed by atoms with Crippen LogP contribution in [0.1, 0.15) is 49.2 Å². The minimum Gasteiger partial charge on any atom is -0.496 e. The molecule has 0 bridgehead atoms. The van der Waals surface area contributed by atoms with Gasteiger partial charge in [-0.3, -0.25) is 4.90 Å². The molecule has 1 N–H and O–H groups in total. The number of methoxy groups -OCH3 is 1. The topological polar surface area (TPSA) is 42.3 Å². The van der Waals surface area contributed by atoms with Gasteiger partial charge >= 0.3 is 0 Å². The molecule has 0 saturated carbocycles. The number of nitrogens with one attached hydrogen (secondary N) is 1. The van der Waals surface area contributed by atoms with Crippen LogP contribution in [-0.4, -0.2) is 34.9 Å². The van der Waals surface area contributed by atoms with Gasteiger partial charge in [0, 0.05) is 42.0 Å². The molecular weight excluding hydrogens is 410 g/mol. The van der Waals surface area contributed by atoms with Crippen LogP contribution in [0.4, 0.5) is 8.78 Å². The van der Waals surface area contributed by atoms with Crippen molar-refractivity contribution in [2.24, 2.45) is 0 Å². The summed E-state index contributed by atoms with van der Waals surface area (Å²) in [7, 11) is 1.70. The second-order valence-electron chi connectivity index (χ2n) is 7.90. The van der Waals surface area contributed by atoms with Gasteiger partial charge in [0.25, 0.3) is 0 Å². The average molecular weight is 443 g/mol. The molecular formula is C25H32F2N4O. The lowest BCUT2D eigenvalue weighted by Crippen LogP contribution is -2.23. The van der Waals surface area contributed by atoms with Crippen LogP contribution in [0, 0.1) is 18.6 Å². The highest BCUT2D eigenvalue weighted by Crippen LogP contribution is 2.24. The van der Waals surface area contributed by atoms with Gasteiger partial charge in [0.15, 0.2) is 5.82 Å². The summed E-state index contributed by atoms with van der Waals surface area (Å²) in [6.45, 7) is 11.7. The van der Waals surface area contributed by atoms with Crippen LogP contribution < -0.4 is 10.1 Å². The van der Waals surface area contributed by atoms with E-state index in [1.165, 1.54) is 22.4 Å². The Balaban J connectivity index is 1.73. The van der Waals surface area contributed by atoms with E-state index in [0.717, 1.165) is 48.3 Å². The van der Waals surface area contributed by atoms with Crippen LogP contribution in [0.5, 0.6) is 5.75 Å². The molecule has 0 aliphatic rings. The summed E-state index contributed by atoms with van der Waals surface area (Å²) in [5, 5.41) is 7.86. The van der Waals surface area contributed by atoms with E-state index >= 15 is 0 Å². The summed E-state index contributed by atoms with van der Waals surface area (Å²) >= 11 is 0. The number of hydrogen-bond acceptors (Lipinski definition) is 4. The number of aromatic nitrogens is 2. The Morgan fingerprint density at radius 2 is 1.88 bits per heavy atom. The van der Waals surface area contributed by atoms with Gasteiger partial charge in [0.2, 0.25) is 0 Å². The fraction of sp³-hybridized carbons (Fsp3) is 0.400. The van der Waals surface area contributed by atoms with Gasteiger partial charge in [0.05, 0.1) is 13.3 Å². The van der Waals surface area contributed by atoms with E-state index < -0.39 is 11.6 Å². The zero-order valence-electron chi connectivity index (χ0n) is 19.5. The van der Waals surface area contributed by atoms with Crippen molar-refractivity contribution in [3.63, 3.8) is 0 Å². The Kier molecular flexibility index (Phi) is 7.99. The fourth-order valence-corrected chi connectivity index (χ4v) is 3.88. The average Bonchev–Trinajstić information content (AvgIpc) is 3.17. The van der Waals surface area contributed by atoms with Gasteiger partial charge in [0.1, 0.15) is 17.3 Å². The number of benzene rings is 2. The number of ether oxygens (including phenoxy) is 1. The first-order chi connectivity index (χ1) is 15.4. The monoisotopic (exact) mass is 442 g/mol. The standard InChI is InChI=1S/C25H32F2N4O/c1-6-30(7-2)16-20-12-19(8-11-25(20)32-5)14-28-17(3)22-15-29-31(18(22)4)24-10-9-21(26)13-23(24)27/h8-13,15,17,28H,6-7,14,16H2,1-5H3/t17-/m1/s1. The van der Waals surface area contributed by atoms with Gasteiger partial charge in [-0.2, -0.15) is 5.10 Å². The van der Waals surface area contributed by atoms with E-state index in [2.05, 4.69) is 48.2 Å². The van der Waals surface area contributed by atoms with E-state index in [4.69, 9.17) is 4.74 Å². The Bertz CT molecular complexity index is 1050. The van der Waals surface area contributed by atoms with Crippen LogP contribution in [0.2, 0.25) is 0 Å². The molecule has 0 unspecified atom stereocenters. The third-order valence-electron chi connectivity index (χ3n) is 5.90. The van der Waals surface area contributed by atoms with Gasteiger partial charge in [-0.1, -0.05) is 19.9 Å². The van der Waals surface area contributed by atoms with Gasteiger partial charge in [-0.25, -0.2) is 13.5 Å². The summed E-state index contributed by atoms with van der Waals surface area (Å²) in [6, 6.07) is 9.77. The molecule has 0 radical (unpaired) electrons. The van der Waals surface area contributed by atoms with E-state index in [-0.39, 0.29) is 11.7 Å². The lowest BCUT2D eigenvalue weighted by molar-refractivity contribution is 0.289. The maximum Gasteiger partial charge on any atom is 0.151 e.